The number of hydrogen-bond donors (Lipinski definition) is 0. The molecule has 0 amide bonds. The molecule has 0 aliphatic heterocycles. The summed E-state index contributed by atoms with van der Waals surface area (Å²) in [4.78, 5) is 34.2. The molecule has 1 aliphatic carbocycles. The van der Waals surface area contributed by atoms with Gasteiger partial charge in [0.25, 0.3) is 0 Å². The van der Waals surface area contributed by atoms with Crippen LogP contribution in [0.4, 0.5) is 0 Å². The lowest BCUT2D eigenvalue weighted by Crippen LogP contribution is -2.32. The highest BCUT2D eigenvalue weighted by Crippen LogP contribution is 2.41. The molecular formula is C23H16N2O4. The molecule has 2 aromatic heterocycles. The fourth-order valence-corrected chi connectivity index (χ4v) is 3.69. The van der Waals surface area contributed by atoms with Crippen molar-refractivity contribution in [1.82, 2.24) is 9.97 Å². The molecule has 5 rings (SSSR count). The molecule has 2 aromatic carbocycles. The molecule has 1 aliphatic rings. The summed E-state index contributed by atoms with van der Waals surface area (Å²) in [5.41, 5.74) is -0.666. The summed E-state index contributed by atoms with van der Waals surface area (Å²) in [6.45, 7) is 1.88. The Morgan fingerprint density at radius 2 is 1.45 bits per heavy atom. The first-order chi connectivity index (χ1) is 14.1. The van der Waals surface area contributed by atoms with Crippen LogP contribution in [0.1, 0.15) is 24.6 Å². The van der Waals surface area contributed by atoms with Crippen LogP contribution >= 0.6 is 0 Å². The molecule has 6 nitrogen and oxygen atoms in total. The lowest BCUT2D eigenvalue weighted by atomic mass is 9.74. The van der Waals surface area contributed by atoms with Gasteiger partial charge in [-0.1, -0.05) is 48.6 Å². The molecule has 6 heteroatoms. The maximum Gasteiger partial charge on any atom is 0.346 e. The highest BCUT2D eigenvalue weighted by molar-refractivity contribution is 5.77. The molecule has 0 bridgehead atoms. The molecule has 0 saturated carbocycles. The summed E-state index contributed by atoms with van der Waals surface area (Å²) in [5.74, 6) is 0.0143. The van der Waals surface area contributed by atoms with Gasteiger partial charge in [0.2, 0.25) is 11.8 Å². The molecule has 0 spiro atoms. The van der Waals surface area contributed by atoms with E-state index in [9.17, 15) is 9.59 Å². The first kappa shape index (κ1) is 17.3. The third kappa shape index (κ3) is 2.72. The molecule has 0 saturated heterocycles. The van der Waals surface area contributed by atoms with Gasteiger partial charge in [0.1, 0.15) is 0 Å². The summed E-state index contributed by atoms with van der Waals surface area (Å²) in [5, 5.41) is 0.839. The number of rotatable bonds is 2. The van der Waals surface area contributed by atoms with Gasteiger partial charge in [0.05, 0.1) is 33.1 Å². The highest BCUT2D eigenvalue weighted by Gasteiger charge is 2.41. The van der Waals surface area contributed by atoms with E-state index in [4.69, 9.17) is 8.83 Å². The van der Waals surface area contributed by atoms with Crippen LogP contribution < -0.4 is 11.3 Å². The van der Waals surface area contributed by atoms with Crippen molar-refractivity contribution in [2.45, 2.75) is 18.3 Å². The largest absolute Gasteiger partial charge is 0.407 e. The number of hydrogen-bond acceptors (Lipinski definition) is 6. The fourth-order valence-electron chi connectivity index (χ4n) is 3.69. The van der Waals surface area contributed by atoms with Crippen LogP contribution in [0, 0.1) is 0 Å². The van der Waals surface area contributed by atoms with Crippen LogP contribution in [0.5, 0.6) is 0 Å². The van der Waals surface area contributed by atoms with Gasteiger partial charge in [-0.15, -0.1) is 0 Å². The molecule has 142 valence electrons. The topological polar surface area (TPSA) is 86.2 Å². The van der Waals surface area contributed by atoms with E-state index in [0.29, 0.717) is 21.8 Å². The number of nitrogens with zero attached hydrogens (tertiary/aromatic N) is 2. The average Bonchev–Trinajstić information content (AvgIpc) is 2.74. The maximum absolute atomic E-state index is 12.5. The van der Waals surface area contributed by atoms with Gasteiger partial charge in [-0.2, -0.15) is 0 Å². The average molecular weight is 384 g/mol. The van der Waals surface area contributed by atoms with Gasteiger partial charge in [0, 0.05) is 0 Å². The van der Waals surface area contributed by atoms with Gasteiger partial charge in [-0.3, -0.25) is 0 Å². The van der Waals surface area contributed by atoms with E-state index in [1.165, 1.54) is 0 Å². The summed E-state index contributed by atoms with van der Waals surface area (Å²) < 4.78 is 11.2. The van der Waals surface area contributed by atoms with Crippen molar-refractivity contribution in [2.75, 3.05) is 0 Å². The van der Waals surface area contributed by atoms with E-state index in [-0.39, 0.29) is 11.8 Å². The number of fused-ring (bicyclic) bond motifs is 2. The highest BCUT2D eigenvalue weighted by atomic mass is 16.4. The molecule has 29 heavy (non-hydrogen) atoms. The quantitative estimate of drug-likeness (QED) is 0.522. The van der Waals surface area contributed by atoms with Gasteiger partial charge < -0.3 is 8.83 Å². The Morgan fingerprint density at radius 3 is 2.17 bits per heavy atom. The van der Waals surface area contributed by atoms with Crippen molar-refractivity contribution in [3.8, 4) is 0 Å². The molecule has 0 N–H and O–H groups in total. The maximum atomic E-state index is 12.5. The molecular weight excluding hydrogens is 368 g/mol. The zero-order valence-corrected chi connectivity index (χ0v) is 15.5. The van der Waals surface area contributed by atoms with Crippen molar-refractivity contribution in [2.24, 2.45) is 0 Å². The molecule has 4 aromatic rings. The minimum atomic E-state index is -0.858. The van der Waals surface area contributed by atoms with Crippen LogP contribution in [0.15, 0.2) is 91.3 Å². The number of para-hydroxylation sites is 2. The minimum Gasteiger partial charge on any atom is -0.407 e. The normalized spacial score (nSPS) is 21.1. The van der Waals surface area contributed by atoms with E-state index >= 15 is 0 Å². The summed E-state index contributed by atoms with van der Waals surface area (Å²) in [6.07, 6.45) is 7.46. The van der Waals surface area contributed by atoms with Gasteiger partial charge in [0.15, 0.2) is 0 Å². The third-order valence-electron chi connectivity index (χ3n) is 5.32. The van der Waals surface area contributed by atoms with E-state index in [1.807, 2.05) is 43.4 Å². The van der Waals surface area contributed by atoms with Gasteiger partial charge in [-0.25, -0.2) is 19.6 Å². The Kier molecular flexibility index (Phi) is 3.81. The standard InChI is InChI=1S/C23H16N2O4/c1-23(22-25-18-12-5-3-9-15(18)21(27)29-22)13-7-6-10-16(23)19-24-17-11-4-2-8-14(17)20(26)28-19/h2-13,16H,1H3. The number of allylic oxidation sites excluding steroid dienone is 4. The first-order valence-electron chi connectivity index (χ1n) is 9.22. The van der Waals surface area contributed by atoms with Gasteiger partial charge >= 0.3 is 11.3 Å². The lowest BCUT2D eigenvalue weighted by molar-refractivity contribution is 0.308. The second-order valence-corrected chi connectivity index (χ2v) is 7.18. The summed E-state index contributed by atoms with van der Waals surface area (Å²) >= 11 is 0. The van der Waals surface area contributed by atoms with Crippen LogP contribution in [0.25, 0.3) is 21.8 Å². The summed E-state index contributed by atoms with van der Waals surface area (Å²) in [6, 6.07) is 14.1. The molecule has 2 unspecified atom stereocenters. The van der Waals surface area contributed by atoms with E-state index in [1.54, 1.807) is 36.4 Å². The molecule has 2 atom stereocenters. The van der Waals surface area contributed by atoms with Crippen LogP contribution in [0.2, 0.25) is 0 Å². The van der Waals surface area contributed by atoms with Crippen molar-refractivity contribution in [3.05, 3.63) is 105 Å². The zero-order chi connectivity index (χ0) is 20.0. The Bertz CT molecular complexity index is 1430. The van der Waals surface area contributed by atoms with E-state index < -0.39 is 22.6 Å². The predicted octanol–water partition coefficient (Wildman–Crippen LogP) is 3.86. The molecule has 2 heterocycles. The third-order valence-corrected chi connectivity index (χ3v) is 5.32. The summed E-state index contributed by atoms with van der Waals surface area (Å²) in [7, 11) is 0. The van der Waals surface area contributed by atoms with Crippen molar-refractivity contribution < 1.29 is 8.83 Å². The Labute approximate surface area is 164 Å². The predicted molar refractivity (Wildman–Crippen MR) is 109 cm³/mol. The molecule has 0 fully saturated rings. The van der Waals surface area contributed by atoms with Crippen molar-refractivity contribution in [1.29, 1.82) is 0 Å². The van der Waals surface area contributed by atoms with Gasteiger partial charge in [-0.05, 0) is 31.2 Å². The second kappa shape index (κ2) is 6.38. The monoisotopic (exact) mass is 384 g/mol. The van der Waals surface area contributed by atoms with E-state index in [0.717, 1.165) is 0 Å². The van der Waals surface area contributed by atoms with Crippen molar-refractivity contribution >= 4 is 21.8 Å². The first-order valence-corrected chi connectivity index (χ1v) is 9.22. The number of aromatic nitrogens is 2. The zero-order valence-electron chi connectivity index (χ0n) is 15.5. The SMILES string of the molecule is CC1(c2nc3ccccc3c(=O)o2)C=CC=CC1c1nc2ccccc2c(=O)o1. The smallest absolute Gasteiger partial charge is 0.346 e. The number of benzene rings is 2. The second-order valence-electron chi connectivity index (χ2n) is 7.18. The van der Waals surface area contributed by atoms with E-state index in [2.05, 4.69) is 9.97 Å². The Hall–Kier alpha value is -3.80. The fraction of sp³-hybridized carbons (Fsp3) is 0.130. The van der Waals surface area contributed by atoms with Crippen molar-refractivity contribution in [3.63, 3.8) is 0 Å². The van der Waals surface area contributed by atoms with Crippen LogP contribution in [-0.2, 0) is 5.41 Å². The minimum absolute atomic E-state index is 0.240. The lowest BCUT2D eigenvalue weighted by Gasteiger charge is -2.31. The van der Waals surface area contributed by atoms with Crippen LogP contribution in [-0.4, -0.2) is 9.97 Å². The molecule has 0 radical (unpaired) electrons. The Morgan fingerprint density at radius 1 is 0.828 bits per heavy atom. The Balaban J connectivity index is 1.72. The van der Waals surface area contributed by atoms with Crippen LogP contribution in [0.3, 0.4) is 0 Å².